The van der Waals surface area contributed by atoms with Gasteiger partial charge in [0.15, 0.2) is 0 Å². The fourth-order valence-electron chi connectivity index (χ4n) is 2.08. The predicted molar refractivity (Wildman–Crippen MR) is 73.6 cm³/mol. The van der Waals surface area contributed by atoms with E-state index in [0.717, 1.165) is 16.3 Å². The van der Waals surface area contributed by atoms with Gasteiger partial charge in [-0.25, -0.2) is 4.98 Å². The second-order valence-corrected chi connectivity index (χ2v) is 4.64. The molecule has 18 heavy (non-hydrogen) atoms. The zero-order valence-electron chi connectivity index (χ0n) is 11.8. The number of hydrogen-bond acceptors (Lipinski definition) is 4. The van der Waals surface area contributed by atoms with Crippen LogP contribution in [0.25, 0.3) is 0 Å². The largest absolute Gasteiger partial charge is 0.371 e. The van der Waals surface area contributed by atoms with Crippen molar-refractivity contribution in [3.8, 4) is 0 Å². The monoisotopic (exact) mass is 272 g/mol. The van der Waals surface area contributed by atoms with Gasteiger partial charge in [-0.1, -0.05) is 0 Å². The Bertz CT molecular complexity index is 313. The molecule has 0 fully saturated rings. The Morgan fingerprint density at radius 2 is 1.89 bits per heavy atom. The SMILES string of the molecule is CCOC(C[SiH3])C(OCC)(OCC)n1ccnc1. The fraction of sp³-hybridized carbons (Fsp3) is 0.750. The van der Waals surface area contributed by atoms with Crippen LogP contribution in [0.5, 0.6) is 0 Å². The number of aromatic nitrogens is 2. The minimum Gasteiger partial charge on any atom is -0.371 e. The number of ether oxygens (including phenoxy) is 3. The van der Waals surface area contributed by atoms with Crippen LogP contribution in [0.2, 0.25) is 6.04 Å². The molecular weight excluding hydrogens is 248 g/mol. The maximum Gasteiger partial charge on any atom is 0.283 e. The Labute approximate surface area is 112 Å². The minimum atomic E-state index is -0.891. The van der Waals surface area contributed by atoms with Crippen molar-refractivity contribution >= 4 is 10.2 Å². The molecule has 0 aliphatic heterocycles. The average Bonchev–Trinajstić information content (AvgIpc) is 2.90. The highest BCUT2D eigenvalue weighted by atomic mass is 28.1. The molecule has 0 amide bonds. The zero-order valence-corrected chi connectivity index (χ0v) is 13.8. The number of imidazole rings is 1. The van der Waals surface area contributed by atoms with Crippen molar-refractivity contribution < 1.29 is 14.2 Å². The topological polar surface area (TPSA) is 45.5 Å². The summed E-state index contributed by atoms with van der Waals surface area (Å²) in [6, 6.07) is 0.937. The number of nitrogens with zero attached hydrogens (tertiary/aromatic N) is 2. The molecular formula is C12H24N2O3Si. The molecule has 5 nitrogen and oxygen atoms in total. The summed E-state index contributed by atoms with van der Waals surface area (Å²) in [5.41, 5.74) is 0. The molecule has 0 saturated heterocycles. The van der Waals surface area contributed by atoms with Crippen LogP contribution in [0, 0.1) is 0 Å². The van der Waals surface area contributed by atoms with Crippen molar-refractivity contribution in [2.75, 3.05) is 19.8 Å². The fourth-order valence-corrected chi connectivity index (χ4v) is 2.83. The zero-order chi connectivity index (χ0) is 13.4. The van der Waals surface area contributed by atoms with Gasteiger partial charge >= 0.3 is 0 Å². The van der Waals surface area contributed by atoms with Crippen LogP contribution >= 0.6 is 0 Å². The molecule has 0 N–H and O–H groups in total. The molecule has 6 heteroatoms. The molecule has 1 atom stereocenters. The lowest BCUT2D eigenvalue weighted by Gasteiger charge is -2.39. The van der Waals surface area contributed by atoms with E-state index in [2.05, 4.69) is 4.98 Å². The van der Waals surface area contributed by atoms with Crippen LogP contribution in [-0.4, -0.2) is 45.7 Å². The highest BCUT2D eigenvalue weighted by Crippen LogP contribution is 2.29. The molecule has 0 aliphatic rings. The Hall–Kier alpha value is -0.693. The Morgan fingerprint density at radius 3 is 2.28 bits per heavy atom. The molecule has 0 bridgehead atoms. The van der Waals surface area contributed by atoms with Crippen LogP contribution in [-0.2, 0) is 20.1 Å². The van der Waals surface area contributed by atoms with E-state index in [9.17, 15) is 0 Å². The second-order valence-electron chi connectivity index (χ2n) is 3.82. The first-order valence-electron chi connectivity index (χ1n) is 6.63. The van der Waals surface area contributed by atoms with Gasteiger partial charge in [-0.2, -0.15) is 0 Å². The van der Waals surface area contributed by atoms with E-state index in [1.54, 1.807) is 12.5 Å². The van der Waals surface area contributed by atoms with Crippen molar-refractivity contribution in [2.24, 2.45) is 0 Å². The highest BCUT2D eigenvalue weighted by Gasteiger charge is 2.42. The van der Waals surface area contributed by atoms with Gasteiger partial charge < -0.3 is 14.2 Å². The molecule has 1 rings (SSSR count). The first kappa shape index (κ1) is 15.4. The summed E-state index contributed by atoms with van der Waals surface area (Å²) in [4.78, 5) is 4.09. The van der Waals surface area contributed by atoms with Gasteiger partial charge in [-0.3, -0.25) is 4.57 Å². The van der Waals surface area contributed by atoms with Crippen LogP contribution in [0.4, 0.5) is 0 Å². The Balaban J connectivity index is 3.10. The third-order valence-electron chi connectivity index (χ3n) is 2.71. The lowest BCUT2D eigenvalue weighted by atomic mass is 10.2. The van der Waals surface area contributed by atoms with Crippen LogP contribution in [0.1, 0.15) is 20.8 Å². The normalized spacial score (nSPS) is 13.9. The smallest absolute Gasteiger partial charge is 0.283 e. The van der Waals surface area contributed by atoms with Crippen LogP contribution in [0.15, 0.2) is 18.7 Å². The third-order valence-corrected chi connectivity index (χ3v) is 3.45. The molecule has 0 spiro atoms. The maximum absolute atomic E-state index is 5.92. The molecule has 1 aromatic heterocycles. The molecule has 0 radical (unpaired) electrons. The van der Waals surface area contributed by atoms with Crippen LogP contribution < -0.4 is 0 Å². The van der Waals surface area contributed by atoms with Crippen molar-refractivity contribution in [1.82, 2.24) is 9.55 Å². The Kier molecular flexibility index (Phi) is 6.55. The van der Waals surface area contributed by atoms with Crippen molar-refractivity contribution in [2.45, 2.75) is 38.8 Å². The summed E-state index contributed by atoms with van der Waals surface area (Å²) in [7, 11) is 1.02. The minimum absolute atomic E-state index is 0.108. The molecule has 1 heterocycles. The first-order chi connectivity index (χ1) is 8.75. The molecule has 0 aromatic carbocycles. The first-order valence-corrected chi connectivity index (χ1v) is 8.04. The summed E-state index contributed by atoms with van der Waals surface area (Å²) >= 11 is 0. The summed E-state index contributed by atoms with van der Waals surface area (Å²) in [5, 5.41) is 0. The maximum atomic E-state index is 5.92. The van der Waals surface area contributed by atoms with E-state index < -0.39 is 5.91 Å². The van der Waals surface area contributed by atoms with E-state index in [-0.39, 0.29) is 6.10 Å². The molecule has 1 aromatic rings. The van der Waals surface area contributed by atoms with Crippen molar-refractivity contribution in [3.05, 3.63) is 18.7 Å². The quantitative estimate of drug-likeness (QED) is 0.492. The average molecular weight is 272 g/mol. The second kappa shape index (κ2) is 7.68. The number of hydrogen-bond donors (Lipinski definition) is 0. The summed E-state index contributed by atoms with van der Waals surface area (Å²) in [6.07, 6.45) is 5.19. The summed E-state index contributed by atoms with van der Waals surface area (Å²) in [6.45, 7) is 7.67. The van der Waals surface area contributed by atoms with Gasteiger partial charge in [0.1, 0.15) is 6.10 Å². The lowest BCUT2D eigenvalue weighted by molar-refractivity contribution is -0.337. The van der Waals surface area contributed by atoms with E-state index in [1.165, 1.54) is 0 Å². The molecule has 0 aliphatic carbocycles. The van der Waals surface area contributed by atoms with E-state index in [0.29, 0.717) is 19.8 Å². The van der Waals surface area contributed by atoms with E-state index in [1.807, 2.05) is 31.5 Å². The molecule has 1 unspecified atom stereocenters. The molecule has 104 valence electrons. The van der Waals surface area contributed by atoms with Crippen molar-refractivity contribution in [1.29, 1.82) is 0 Å². The van der Waals surface area contributed by atoms with E-state index in [4.69, 9.17) is 14.2 Å². The third kappa shape index (κ3) is 3.20. The van der Waals surface area contributed by atoms with Gasteiger partial charge in [0, 0.05) is 42.5 Å². The molecule has 0 saturated carbocycles. The van der Waals surface area contributed by atoms with Gasteiger partial charge in [0.25, 0.3) is 5.91 Å². The summed E-state index contributed by atoms with van der Waals surface area (Å²) in [5.74, 6) is -0.891. The van der Waals surface area contributed by atoms with Crippen molar-refractivity contribution in [3.63, 3.8) is 0 Å². The standard InChI is InChI=1S/C12H24N2O3Si/c1-4-15-11(9-18)12(16-5-2,17-6-3)14-8-7-13-10-14/h7-8,10-11H,4-6,9H2,1-3,18H3. The van der Waals surface area contributed by atoms with Crippen LogP contribution in [0.3, 0.4) is 0 Å². The lowest BCUT2D eigenvalue weighted by Crippen LogP contribution is -2.50. The Morgan fingerprint density at radius 1 is 1.22 bits per heavy atom. The van der Waals surface area contributed by atoms with Gasteiger partial charge in [-0.05, 0) is 26.8 Å². The van der Waals surface area contributed by atoms with E-state index >= 15 is 0 Å². The van der Waals surface area contributed by atoms with Gasteiger partial charge in [0.2, 0.25) is 0 Å². The van der Waals surface area contributed by atoms with Gasteiger partial charge in [0.05, 0.1) is 6.33 Å². The highest BCUT2D eigenvalue weighted by molar-refractivity contribution is 6.08. The summed E-state index contributed by atoms with van der Waals surface area (Å²) < 4.78 is 19.5. The number of rotatable bonds is 9. The van der Waals surface area contributed by atoms with Gasteiger partial charge in [-0.15, -0.1) is 0 Å². The predicted octanol–water partition coefficient (Wildman–Crippen LogP) is 0.755.